The topological polar surface area (TPSA) is 60.2 Å². The third kappa shape index (κ3) is 2.67. The van der Waals surface area contributed by atoms with Crippen LogP contribution >= 0.6 is 27.5 Å². The van der Waals surface area contributed by atoms with E-state index in [0.29, 0.717) is 5.33 Å². The Balaban J connectivity index is 3.29. The molecule has 0 aliphatic heterocycles. The molecule has 0 bridgehead atoms. The first kappa shape index (κ1) is 11.0. The molecule has 1 aromatic rings. The van der Waals surface area contributed by atoms with Crippen LogP contribution in [0.25, 0.3) is 0 Å². The van der Waals surface area contributed by atoms with Crippen LogP contribution in [0, 0.1) is 0 Å². The molecule has 0 saturated heterocycles. The lowest BCUT2D eigenvalue weighted by molar-refractivity contribution is 0.598. The number of hydrogen-bond donors (Lipinski definition) is 1. The fourth-order valence-corrected chi connectivity index (χ4v) is 2.32. The molecule has 6 heteroatoms. The van der Waals surface area contributed by atoms with Gasteiger partial charge in [-0.3, -0.25) is 0 Å². The first-order valence-corrected chi connectivity index (χ1v) is 6.37. The van der Waals surface area contributed by atoms with E-state index in [2.05, 4.69) is 15.9 Å². The molecule has 1 rings (SSSR count). The number of sulfonamides is 1. The Kier molecular flexibility index (Phi) is 3.34. The second kappa shape index (κ2) is 3.96. The third-order valence-corrected chi connectivity index (χ3v) is 3.50. The van der Waals surface area contributed by atoms with Gasteiger partial charge in [-0.2, -0.15) is 0 Å². The van der Waals surface area contributed by atoms with Gasteiger partial charge >= 0.3 is 0 Å². The number of nitrogens with two attached hydrogens (primary N) is 1. The monoisotopic (exact) mass is 283 g/mol. The van der Waals surface area contributed by atoms with E-state index in [1.165, 1.54) is 6.07 Å². The lowest BCUT2D eigenvalue weighted by Gasteiger charge is -2.02. The fraction of sp³-hybridized carbons (Fsp3) is 0.143. The highest BCUT2D eigenvalue weighted by molar-refractivity contribution is 9.08. The van der Waals surface area contributed by atoms with Crippen LogP contribution in [0.2, 0.25) is 5.02 Å². The van der Waals surface area contributed by atoms with Crippen molar-refractivity contribution >= 4 is 37.6 Å². The summed E-state index contributed by atoms with van der Waals surface area (Å²) in [5.74, 6) is 0. The molecule has 0 heterocycles. The van der Waals surface area contributed by atoms with Crippen LogP contribution in [0.3, 0.4) is 0 Å². The van der Waals surface area contributed by atoms with Gasteiger partial charge in [-0.25, -0.2) is 13.6 Å². The Labute approximate surface area is 90.1 Å². The van der Waals surface area contributed by atoms with Gasteiger partial charge in [-0.1, -0.05) is 33.6 Å². The summed E-state index contributed by atoms with van der Waals surface area (Å²) in [7, 11) is -3.71. The summed E-state index contributed by atoms with van der Waals surface area (Å²) in [6.45, 7) is 0. The van der Waals surface area contributed by atoms with Crippen molar-refractivity contribution in [2.75, 3.05) is 0 Å². The van der Waals surface area contributed by atoms with E-state index in [-0.39, 0.29) is 9.92 Å². The quantitative estimate of drug-likeness (QED) is 0.843. The number of primary sulfonamides is 1. The van der Waals surface area contributed by atoms with Crippen molar-refractivity contribution in [3.63, 3.8) is 0 Å². The van der Waals surface area contributed by atoms with Crippen molar-refractivity contribution in [3.05, 3.63) is 28.8 Å². The molecule has 0 aliphatic carbocycles. The van der Waals surface area contributed by atoms with Gasteiger partial charge in [-0.15, -0.1) is 0 Å². The van der Waals surface area contributed by atoms with Gasteiger partial charge in [0.25, 0.3) is 0 Å². The summed E-state index contributed by atoms with van der Waals surface area (Å²) >= 11 is 8.94. The predicted molar refractivity (Wildman–Crippen MR) is 55.5 cm³/mol. The normalized spacial score (nSPS) is 11.6. The lowest BCUT2D eigenvalue weighted by atomic mass is 10.2. The lowest BCUT2D eigenvalue weighted by Crippen LogP contribution is -2.12. The van der Waals surface area contributed by atoms with E-state index in [1.54, 1.807) is 12.1 Å². The van der Waals surface area contributed by atoms with Crippen LogP contribution in [-0.4, -0.2) is 8.42 Å². The number of alkyl halides is 1. The highest BCUT2D eigenvalue weighted by Gasteiger charge is 2.12. The van der Waals surface area contributed by atoms with Crippen molar-refractivity contribution in [2.24, 2.45) is 5.14 Å². The Morgan fingerprint density at radius 1 is 1.46 bits per heavy atom. The Morgan fingerprint density at radius 2 is 2.08 bits per heavy atom. The maximum atomic E-state index is 10.9. The molecule has 0 amide bonds. The maximum absolute atomic E-state index is 10.9. The average molecular weight is 285 g/mol. The second-order valence-corrected chi connectivity index (χ2v) is 4.94. The van der Waals surface area contributed by atoms with Gasteiger partial charge in [0.05, 0.1) is 5.02 Å². The fourth-order valence-electron chi connectivity index (χ4n) is 0.858. The van der Waals surface area contributed by atoms with Crippen molar-refractivity contribution in [3.8, 4) is 0 Å². The zero-order valence-corrected chi connectivity index (χ0v) is 9.66. The Morgan fingerprint density at radius 3 is 2.46 bits per heavy atom. The Bertz CT molecular complexity index is 419. The van der Waals surface area contributed by atoms with Crippen molar-refractivity contribution in [1.82, 2.24) is 0 Å². The Hall–Kier alpha value is -0.100. The molecule has 0 aromatic heterocycles. The molecule has 1 aromatic carbocycles. The van der Waals surface area contributed by atoms with Crippen LogP contribution in [0.5, 0.6) is 0 Å². The number of hydrogen-bond acceptors (Lipinski definition) is 2. The van der Waals surface area contributed by atoms with Crippen LogP contribution in [-0.2, 0) is 15.4 Å². The smallest absolute Gasteiger partial charge is 0.225 e. The SMILES string of the molecule is NS(=O)(=O)c1ccc(CBr)cc1Cl. The minimum atomic E-state index is -3.71. The molecule has 0 aliphatic rings. The summed E-state index contributed by atoms with van der Waals surface area (Å²) in [6, 6.07) is 4.62. The molecule has 0 unspecified atom stereocenters. The highest BCUT2D eigenvalue weighted by Crippen LogP contribution is 2.22. The summed E-state index contributed by atoms with van der Waals surface area (Å²) in [5, 5.41) is 5.70. The van der Waals surface area contributed by atoms with Crippen molar-refractivity contribution in [1.29, 1.82) is 0 Å². The molecule has 0 atom stereocenters. The number of halogens is 2. The molecule has 72 valence electrons. The first-order valence-electron chi connectivity index (χ1n) is 3.32. The van der Waals surface area contributed by atoms with E-state index >= 15 is 0 Å². The van der Waals surface area contributed by atoms with E-state index in [4.69, 9.17) is 16.7 Å². The van der Waals surface area contributed by atoms with Gasteiger partial charge in [0.15, 0.2) is 0 Å². The number of rotatable bonds is 2. The molecule has 0 spiro atoms. The van der Waals surface area contributed by atoms with Crippen molar-refractivity contribution in [2.45, 2.75) is 10.2 Å². The van der Waals surface area contributed by atoms with Crippen LogP contribution in [0.4, 0.5) is 0 Å². The number of benzene rings is 1. The molecule has 3 nitrogen and oxygen atoms in total. The summed E-state index contributed by atoms with van der Waals surface area (Å²) in [5.41, 5.74) is 0.900. The third-order valence-electron chi connectivity index (χ3n) is 1.46. The van der Waals surface area contributed by atoms with Gasteiger partial charge in [0.1, 0.15) is 4.90 Å². The van der Waals surface area contributed by atoms with Crippen LogP contribution < -0.4 is 5.14 Å². The largest absolute Gasteiger partial charge is 0.239 e. The van der Waals surface area contributed by atoms with E-state index in [1.807, 2.05) is 0 Å². The summed E-state index contributed by atoms with van der Waals surface area (Å²) in [6.07, 6.45) is 0. The average Bonchev–Trinajstić information content (AvgIpc) is 2.01. The molecule has 0 fully saturated rings. The predicted octanol–water partition coefficient (Wildman–Crippen LogP) is 1.88. The van der Waals surface area contributed by atoms with Gasteiger partial charge in [-0.05, 0) is 17.7 Å². The van der Waals surface area contributed by atoms with E-state index in [9.17, 15) is 8.42 Å². The zero-order chi connectivity index (χ0) is 10.1. The molecular formula is C7H7BrClNO2S. The molecule has 2 N–H and O–H groups in total. The minimum Gasteiger partial charge on any atom is -0.225 e. The zero-order valence-electron chi connectivity index (χ0n) is 6.50. The van der Waals surface area contributed by atoms with Gasteiger partial charge < -0.3 is 0 Å². The minimum absolute atomic E-state index is 0.0427. The maximum Gasteiger partial charge on any atom is 0.239 e. The molecule has 0 radical (unpaired) electrons. The summed E-state index contributed by atoms with van der Waals surface area (Å²) < 4.78 is 21.9. The van der Waals surface area contributed by atoms with Gasteiger partial charge in [0.2, 0.25) is 10.0 Å². The van der Waals surface area contributed by atoms with Crippen LogP contribution in [0.1, 0.15) is 5.56 Å². The van der Waals surface area contributed by atoms with E-state index in [0.717, 1.165) is 5.56 Å². The van der Waals surface area contributed by atoms with Crippen LogP contribution in [0.15, 0.2) is 23.1 Å². The summed E-state index contributed by atoms with van der Waals surface area (Å²) in [4.78, 5) is -0.0427. The highest BCUT2D eigenvalue weighted by atomic mass is 79.9. The van der Waals surface area contributed by atoms with E-state index < -0.39 is 10.0 Å². The molecule has 0 saturated carbocycles. The molecule has 13 heavy (non-hydrogen) atoms. The molecular weight excluding hydrogens is 278 g/mol. The second-order valence-electron chi connectivity index (χ2n) is 2.44. The van der Waals surface area contributed by atoms with Gasteiger partial charge in [0, 0.05) is 5.33 Å². The van der Waals surface area contributed by atoms with Crippen molar-refractivity contribution < 1.29 is 8.42 Å². The first-order chi connectivity index (χ1) is 5.95. The standard InChI is InChI=1S/C7H7BrClNO2S/c8-4-5-1-2-7(6(9)3-5)13(10,11)12/h1-3H,4H2,(H2,10,11,12).